The van der Waals surface area contributed by atoms with Crippen LogP contribution in [0.5, 0.6) is 0 Å². The predicted octanol–water partition coefficient (Wildman–Crippen LogP) is 0.927. The maximum absolute atomic E-state index is 10.0. The van der Waals surface area contributed by atoms with Gasteiger partial charge in [0.25, 0.3) is 0 Å². The van der Waals surface area contributed by atoms with E-state index in [1.54, 1.807) is 0 Å². The molecular weight excluding hydrogens is 188 g/mol. The highest BCUT2D eigenvalue weighted by molar-refractivity contribution is 4.88. The molecule has 88 valence electrons. The highest BCUT2D eigenvalue weighted by Crippen LogP contribution is 2.27. The Hall–Kier alpha value is -0.120. The molecular formula is C12H24N2O. The van der Waals surface area contributed by atoms with Crippen molar-refractivity contribution in [3.8, 4) is 0 Å². The number of hydrogen-bond donors (Lipinski definition) is 1. The lowest BCUT2D eigenvalue weighted by atomic mass is 10.0. The van der Waals surface area contributed by atoms with E-state index in [4.69, 9.17) is 0 Å². The zero-order chi connectivity index (χ0) is 10.9. The normalized spacial score (nSPS) is 29.0. The van der Waals surface area contributed by atoms with E-state index in [1.807, 2.05) is 6.92 Å². The van der Waals surface area contributed by atoms with E-state index in [1.165, 1.54) is 25.9 Å². The van der Waals surface area contributed by atoms with Gasteiger partial charge in [-0.2, -0.15) is 0 Å². The Morgan fingerprint density at radius 1 is 1.20 bits per heavy atom. The zero-order valence-electron chi connectivity index (χ0n) is 10.1. The van der Waals surface area contributed by atoms with Gasteiger partial charge in [-0.05, 0) is 26.2 Å². The summed E-state index contributed by atoms with van der Waals surface area (Å²) in [4.78, 5) is 5.01. The molecule has 2 fully saturated rings. The van der Waals surface area contributed by atoms with E-state index in [0.29, 0.717) is 0 Å². The van der Waals surface area contributed by atoms with Gasteiger partial charge in [0.15, 0.2) is 0 Å². The first-order chi connectivity index (χ1) is 7.11. The fourth-order valence-corrected chi connectivity index (χ4v) is 2.32. The van der Waals surface area contributed by atoms with E-state index < -0.39 is 5.60 Å². The molecule has 3 heteroatoms. The molecule has 0 aromatic carbocycles. The molecule has 1 unspecified atom stereocenters. The summed E-state index contributed by atoms with van der Waals surface area (Å²) in [6.07, 6.45) is 3.66. The Bertz CT molecular complexity index is 206. The maximum Gasteiger partial charge on any atom is 0.0743 e. The van der Waals surface area contributed by atoms with E-state index in [9.17, 15) is 5.11 Å². The molecule has 1 aliphatic carbocycles. The molecule has 1 atom stereocenters. The van der Waals surface area contributed by atoms with Crippen LogP contribution in [-0.2, 0) is 0 Å². The summed E-state index contributed by atoms with van der Waals surface area (Å²) in [6.45, 7) is 9.50. The number of nitrogens with zero attached hydrogens (tertiary/aromatic N) is 2. The van der Waals surface area contributed by atoms with Crippen molar-refractivity contribution in [2.75, 3.05) is 32.7 Å². The Kier molecular flexibility index (Phi) is 3.33. The smallest absolute Gasteiger partial charge is 0.0743 e. The van der Waals surface area contributed by atoms with Gasteiger partial charge in [-0.3, -0.25) is 9.80 Å². The Balaban J connectivity index is 1.73. The average Bonchev–Trinajstić information content (AvgIpc) is 3.02. The molecule has 0 aromatic heterocycles. The van der Waals surface area contributed by atoms with Crippen molar-refractivity contribution < 1.29 is 5.11 Å². The molecule has 1 saturated carbocycles. The number of rotatable bonds is 4. The van der Waals surface area contributed by atoms with Gasteiger partial charge in [-0.25, -0.2) is 0 Å². The van der Waals surface area contributed by atoms with Gasteiger partial charge in [-0.1, -0.05) is 6.92 Å². The number of β-amino-alcohol motifs (C(OH)–C–C–N with tert-alkyl or cyclic N) is 1. The first-order valence-electron chi connectivity index (χ1n) is 6.29. The minimum Gasteiger partial charge on any atom is -0.389 e. The summed E-state index contributed by atoms with van der Waals surface area (Å²) in [5.74, 6) is 0. The third kappa shape index (κ3) is 3.16. The van der Waals surface area contributed by atoms with Crippen LogP contribution in [0.3, 0.4) is 0 Å². The van der Waals surface area contributed by atoms with Gasteiger partial charge in [0, 0.05) is 38.8 Å². The molecule has 2 aliphatic rings. The van der Waals surface area contributed by atoms with Crippen LogP contribution in [-0.4, -0.2) is 59.3 Å². The fraction of sp³-hybridized carbons (Fsp3) is 1.00. The lowest BCUT2D eigenvalue weighted by Crippen LogP contribution is -2.51. The summed E-state index contributed by atoms with van der Waals surface area (Å²) in [6, 6.07) is 0.902. The van der Waals surface area contributed by atoms with Gasteiger partial charge in [0.05, 0.1) is 5.60 Å². The summed E-state index contributed by atoms with van der Waals surface area (Å²) in [5, 5.41) is 10.0. The Morgan fingerprint density at radius 2 is 1.80 bits per heavy atom. The van der Waals surface area contributed by atoms with Gasteiger partial charge in [-0.15, -0.1) is 0 Å². The van der Waals surface area contributed by atoms with Crippen molar-refractivity contribution in [1.29, 1.82) is 0 Å². The maximum atomic E-state index is 10.0. The van der Waals surface area contributed by atoms with Crippen molar-refractivity contribution in [1.82, 2.24) is 9.80 Å². The van der Waals surface area contributed by atoms with E-state index in [2.05, 4.69) is 16.7 Å². The lowest BCUT2D eigenvalue weighted by molar-refractivity contribution is 0.000604. The molecule has 0 amide bonds. The summed E-state index contributed by atoms with van der Waals surface area (Å²) in [7, 11) is 0. The van der Waals surface area contributed by atoms with Crippen LogP contribution in [0.2, 0.25) is 0 Å². The van der Waals surface area contributed by atoms with Crippen molar-refractivity contribution in [3.63, 3.8) is 0 Å². The lowest BCUT2D eigenvalue weighted by Gasteiger charge is -2.38. The van der Waals surface area contributed by atoms with E-state index in [0.717, 1.165) is 32.1 Å². The van der Waals surface area contributed by atoms with Crippen LogP contribution in [0, 0.1) is 0 Å². The van der Waals surface area contributed by atoms with Crippen LogP contribution >= 0.6 is 0 Å². The molecule has 0 spiro atoms. The minimum absolute atomic E-state index is 0.498. The molecule has 1 aliphatic heterocycles. The van der Waals surface area contributed by atoms with Crippen LogP contribution in [0.15, 0.2) is 0 Å². The molecule has 3 nitrogen and oxygen atoms in total. The molecule has 1 saturated heterocycles. The second kappa shape index (κ2) is 4.40. The zero-order valence-corrected chi connectivity index (χ0v) is 10.1. The van der Waals surface area contributed by atoms with Crippen LogP contribution in [0.25, 0.3) is 0 Å². The molecule has 15 heavy (non-hydrogen) atoms. The standard InChI is InChI=1S/C12H24N2O/c1-3-12(2,15)10-13-6-8-14(9-7-13)11-4-5-11/h11,15H,3-10H2,1-2H3. The molecule has 0 radical (unpaired) electrons. The monoisotopic (exact) mass is 212 g/mol. The highest BCUT2D eigenvalue weighted by atomic mass is 16.3. The van der Waals surface area contributed by atoms with Gasteiger partial charge in [0.1, 0.15) is 0 Å². The molecule has 1 heterocycles. The van der Waals surface area contributed by atoms with E-state index >= 15 is 0 Å². The number of piperazine rings is 1. The van der Waals surface area contributed by atoms with E-state index in [-0.39, 0.29) is 0 Å². The van der Waals surface area contributed by atoms with Crippen LogP contribution in [0.1, 0.15) is 33.1 Å². The minimum atomic E-state index is -0.498. The first kappa shape index (κ1) is 11.4. The fourth-order valence-electron chi connectivity index (χ4n) is 2.32. The number of hydrogen-bond acceptors (Lipinski definition) is 3. The third-order valence-corrected chi connectivity index (χ3v) is 3.80. The SMILES string of the molecule is CCC(C)(O)CN1CCN(C2CC2)CC1. The summed E-state index contributed by atoms with van der Waals surface area (Å²) in [5.41, 5.74) is -0.498. The molecule has 0 aromatic rings. The average molecular weight is 212 g/mol. The van der Waals surface area contributed by atoms with Crippen LogP contribution in [0.4, 0.5) is 0 Å². The van der Waals surface area contributed by atoms with Crippen molar-refractivity contribution in [2.45, 2.75) is 44.8 Å². The Morgan fingerprint density at radius 3 is 2.27 bits per heavy atom. The number of aliphatic hydroxyl groups is 1. The predicted molar refractivity (Wildman–Crippen MR) is 61.9 cm³/mol. The molecule has 0 bridgehead atoms. The molecule has 1 N–H and O–H groups in total. The third-order valence-electron chi connectivity index (χ3n) is 3.80. The van der Waals surface area contributed by atoms with Crippen molar-refractivity contribution >= 4 is 0 Å². The first-order valence-corrected chi connectivity index (χ1v) is 6.29. The van der Waals surface area contributed by atoms with Gasteiger partial charge >= 0.3 is 0 Å². The highest BCUT2D eigenvalue weighted by Gasteiger charge is 2.32. The quantitative estimate of drug-likeness (QED) is 0.751. The molecule has 2 rings (SSSR count). The van der Waals surface area contributed by atoms with Crippen LogP contribution < -0.4 is 0 Å². The summed E-state index contributed by atoms with van der Waals surface area (Å²) < 4.78 is 0. The Labute approximate surface area is 93.1 Å². The van der Waals surface area contributed by atoms with Gasteiger partial charge in [0.2, 0.25) is 0 Å². The summed E-state index contributed by atoms with van der Waals surface area (Å²) >= 11 is 0. The van der Waals surface area contributed by atoms with Crippen molar-refractivity contribution in [3.05, 3.63) is 0 Å². The second-order valence-electron chi connectivity index (χ2n) is 5.39. The second-order valence-corrected chi connectivity index (χ2v) is 5.39. The van der Waals surface area contributed by atoms with Gasteiger partial charge < -0.3 is 5.11 Å². The topological polar surface area (TPSA) is 26.7 Å². The largest absolute Gasteiger partial charge is 0.389 e. The van der Waals surface area contributed by atoms with Crippen molar-refractivity contribution in [2.24, 2.45) is 0 Å².